The fourth-order valence-electron chi connectivity index (χ4n) is 2.64. The van der Waals surface area contributed by atoms with E-state index in [0.717, 1.165) is 16.8 Å². The molecule has 0 saturated carbocycles. The SMILES string of the molecule is CC(=O)N1CCc2c(nc(-c3cccnc3)nc2NCC(N)=O)C1. The minimum absolute atomic E-state index is 0.00758. The Morgan fingerprint density at radius 2 is 2.21 bits per heavy atom. The smallest absolute Gasteiger partial charge is 0.236 e. The Morgan fingerprint density at radius 1 is 1.38 bits per heavy atom. The lowest BCUT2D eigenvalue weighted by Crippen LogP contribution is -2.35. The van der Waals surface area contributed by atoms with Crippen LogP contribution in [-0.2, 0) is 22.6 Å². The molecular weight excluding hydrogens is 308 g/mol. The van der Waals surface area contributed by atoms with Gasteiger partial charge in [-0.15, -0.1) is 0 Å². The molecule has 2 aromatic rings. The number of aromatic nitrogens is 3. The predicted octanol–water partition coefficient (Wildman–Crippen LogP) is 0.340. The van der Waals surface area contributed by atoms with Gasteiger partial charge in [0.25, 0.3) is 0 Å². The van der Waals surface area contributed by atoms with Crippen LogP contribution in [0.15, 0.2) is 24.5 Å². The molecule has 8 heteroatoms. The molecule has 3 heterocycles. The Hall–Kier alpha value is -3.03. The molecule has 3 rings (SSSR count). The minimum atomic E-state index is -0.466. The topological polar surface area (TPSA) is 114 Å². The summed E-state index contributed by atoms with van der Waals surface area (Å²) in [5.74, 6) is 0.625. The zero-order valence-electron chi connectivity index (χ0n) is 13.3. The Balaban J connectivity index is 2.03. The lowest BCUT2D eigenvalue weighted by atomic mass is 10.0. The van der Waals surface area contributed by atoms with Crippen LogP contribution in [0.4, 0.5) is 5.82 Å². The monoisotopic (exact) mass is 326 g/mol. The molecule has 3 N–H and O–H groups in total. The number of pyridine rings is 1. The van der Waals surface area contributed by atoms with Gasteiger partial charge in [0.1, 0.15) is 5.82 Å². The minimum Gasteiger partial charge on any atom is -0.368 e. The highest BCUT2D eigenvalue weighted by atomic mass is 16.2. The van der Waals surface area contributed by atoms with Gasteiger partial charge in [-0.3, -0.25) is 14.6 Å². The molecule has 124 valence electrons. The third-order valence-corrected chi connectivity index (χ3v) is 3.86. The number of hydrogen-bond acceptors (Lipinski definition) is 6. The van der Waals surface area contributed by atoms with Crippen molar-refractivity contribution in [2.24, 2.45) is 5.73 Å². The van der Waals surface area contributed by atoms with Gasteiger partial charge in [0.05, 0.1) is 18.8 Å². The quantitative estimate of drug-likeness (QED) is 0.837. The van der Waals surface area contributed by atoms with Crippen molar-refractivity contribution in [3.05, 3.63) is 35.8 Å². The van der Waals surface area contributed by atoms with Crippen LogP contribution >= 0.6 is 0 Å². The van der Waals surface area contributed by atoms with Crippen LogP contribution in [0, 0.1) is 0 Å². The van der Waals surface area contributed by atoms with E-state index in [1.54, 1.807) is 30.3 Å². The molecule has 0 bridgehead atoms. The Bertz CT molecular complexity index is 760. The van der Waals surface area contributed by atoms with E-state index in [2.05, 4.69) is 20.3 Å². The second-order valence-electron chi connectivity index (χ2n) is 5.57. The molecule has 1 aliphatic heterocycles. The summed E-state index contributed by atoms with van der Waals surface area (Å²) < 4.78 is 0. The zero-order chi connectivity index (χ0) is 17.1. The standard InChI is InChI=1S/C16H18N6O2/c1-10(23)22-6-4-12-13(9-22)20-15(11-3-2-5-18-7-11)21-16(12)19-8-14(17)24/h2-3,5,7H,4,6,8-9H2,1H3,(H2,17,24)(H,19,20,21). The molecule has 0 aromatic carbocycles. The summed E-state index contributed by atoms with van der Waals surface area (Å²) >= 11 is 0. The van der Waals surface area contributed by atoms with Crippen molar-refractivity contribution < 1.29 is 9.59 Å². The third-order valence-electron chi connectivity index (χ3n) is 3.86. The summed E-state index contributed by atoms with van der Waals surface area (Å²) in [6.45, 7) is 2.56. The average Bonchev–Trinajstić information content (AvgIpc) is 2.59. The van der Waals surface area contributed by atoms with Gasteiger partial charge in [-0.05, 0) is 18.6 Å². The maximum absolute atomic E-state index is 11.7. The van der Waals surface area contributed by atoms with E-state index in [0.29, 0.717) is 31.2 Å². The second kappa shape index (κ2) is 6.61. The second-order valence-corrected chi connectivity index (χ2v) is 5.57. The molecule has 0 aliphatic carbocycles. The lowest BCUT2D eigenvalue weighted by Gasteiger charge is -2.28. The normalized spacial score (nSPS) is 13.3. The lowest BCUT2D eigenvalue weighted by molar-refractivity contribution is -0.129. The molecule has 0 atom stereocenters. The molecule has 2 amide bonds. The van der Waals surface area contributed by atoms with Crippen LogP contribution < -0.4 is 11.1 Å². The number of primary amides is 1. The van der Waals surface area contributed by atoms with Crippen LogP contribution in [-0.4, -0.2) is 44.8 Å². The molecule has 8 nitrogen and oxygen atoms in total. The fraction of sp³-hybridized carbons (Fsp3) is 0.312. The van der Waals surface area contributed by atoms with Gasteiger partial charge in [-0.2, -0.15) is 0 Å². The van der Waals surface area contributed by atoms with Crippen LogP contribution in [0.2, 0.25) is 0 Å². The fourth-order valence-corrected chi connectivity index (χ4v) is 2.64. The molecule has 0 spiro atoms. The first-order chi connectivity index (χ1) is 11.5. The molecule has 2 aromatic heterocycles. The maximum Gasteiger partial charge on any atom is 0.236 e. The number of hydrogen-bond donors (Lipinski definition) is 2. The van der Waals surface area contributed by atoms with Gasteiger partial charge in [0.15, 0.2) is 5.82 Å². The van der Waals surface area contributed by atoms with E-state index >= 15 is 0 Å². The largest absolute Gasteiger partial charge is 0.368 e. The first kappa shape index (κ1) is 15.9. The highest BCUT2D eigenvalue weighted by molar-refractivity contribution is 5.79. The van der Waals surface area contributed by atoms with E-state index in [1.807, 2.05) is 6.07 Å². The summed E-state index contributed by atoms with van der Waals surface area (Å²) in [5.41, 5.74) is 7.68. The van der Waals surface area contributed by atoms with Gasteiger partial charge < -0.3 is 16.0 Å². The summed E-state index contributed by atoms with van der Waals surface area (Å²) in [7, 11) is 0. The van der Waals surface area contributed by atoms with Crippen molar-refractivity contribution in [2.45, 2.75) is 19.9 Å². The van der Waals surface area contributed by atoms with E-state index in [-0.39, 0.29) is 12.5 Å². The van der Waals surface area contributed by atoms with Crippen LogP contribution in [0.3, 0.4) is 0 Å². The molecule has 0 radical (unpaired) electrons. The number of carbonyl (C=O) groups excluding carboxylic acids is 2. The third kappa shape index (κ3) is 3.32. The molecule has 0 unspecified atom stereocenters. The van der Waals surface area contributed by atoms with Gasteiger partial charge in [0.2, 0.25) is 11.8 Å². The summed E-state index contributed by atoms with van der Waals surface area (Å²) in [6, 6.07) is 3.66. The summed E-state index contributed by atoms with van der Waals surface area (Å²) in [6.07, 6.45) is 3.97. The van der Waals surface area contributed by atoms with Crippen molar-refractivity contribution >= 4 is 17.6 Å². The van der Waals surface area contributed by atoms with Crippen molar-refractivity contribution in [2.75, 3.05) is 18.4 Å². The van der Waals surface area contributed by atoms with Gasteiger partial charge in [0, 0.05) is 37.0 Å². The number of nitrogens with two attached hydrogens (primary N) is 1. The first-order valence-electron chi connectivity index (χ1n) is 7.62. The van der Waals surface area contributed by atoms with E-state index in [9.17, 15) is 9.59 Å². The number of anilines is 1. The average molecular weight is 326 g/mol. The number of amides is 2. The van der Waals surface area contributed by atoms with Crippen LogP contribution in [0.25, 0.3) is 11.4 Å². The number of rotatable bonds is 4. The number of carbonyl (C=O) groups is 2. The van der Waals surface area contributed by atoms with Gasteiger partial charge >= 0.3 is 0 Å². The van der Waals surface area contributed by atoms with Crippen LogP contribution in [0.5, 0.6) is 0 Å². The Morgan fingerprint density at radius 3 is 2.88 bits per heavy atom. The molecule has 0 fully saturated rings. The maximum atomic E-state index is 11.7. The van der Waals surface area contributed by atoms with Crippen molar-refractivity contribution in [3.63, 3.8) is 0 Å². The number of nitrogens with one attached hydrogen (secondary N) is 1. The van der Waals surface area contributed by atoms with Crippen molar-refractivity contribution in [1.29, 1.82) is 0 Å². The predicted molar refractivity (Wildman–Crippen MR) is 87.7 cm³/mol. The molecule has 1 aliphatic rings. The zero-order valence-corrected chi connectivity index (χ0v) is 13.3. The van der Waals surface area contributed by atoms with Crippen molar-refractivity contribution in [1.82, 2.24) is 19.9 Å². The summed E-state index contributed by atoms with van der Waals surface area (Å²) in [5, 5.41) is 2.98. The van der Waals surface area contributed by atoms with E-state index < -0.39 is 5.91 Å². The highest BCUT2D eigenvalue weighted by Gasteiger charge is 2.24. The van der Waals surface area contributed by atoms with Gasteiger partial charge in [-0.1, -0.05) is 0 Å². The summed E-state index contributed by atoms with van der Waals surface area (Å²) in [4.78, 5) is 37.7. The number of nitrogens with zero attached hydrogens (tertiary/aromatic N) is 4. The highest BCUT2D eigenvalue weighted by Crippen LogP contribution is 2.26. The van der Waals surface area contributed by atoms with E-state index in [4.69, 9.17) is 5.73 Å². The first-order valence-corrected chi connectivity index (χ1v) is 7.62. The van der Waals surface area contributed by atoms with E-state index in [1.165, 1.54) is 0 Å². The van der Waals surface area contributed by atoms with Gasteiger partial charge in [-0.25, -0.2) is 9.97 Å². The Labute approximate surface area is 139 Å². The van der Waals surface area contributed by atoms with Crippen LogP contribution in [0.1, 0.15) is 18.2 Å². The van der Waals surface area contributed by atoms with Crippen molar-refractivity contribution in [3.8, 4) is 11.4 Å². The molecule has 0 saturated heterocycles. The molecule has 24 heavy (non-hydrogen) atoms. The number of fused-ring (bicyclic) bond motifs is 1. The molecular formula is C16H18N6O2. The Kier molecular flexibility index (Phi) is 4.37.